The molecule has 0 saturated heterocycles. The lowest BCUT2D eigenvalue weighted by Crippen LogP contribution is -2.31. The third-order valence-corrected chi connectivity index (χ3v) is 7.13. The van der Waals surface area contributed by atoms with Gasteiger partial charge in [-0.3, -0.25) is 9.10 Å². The van der Waals surface area contributed by atoms with E-state index < -0.39 is 15.8 Å². The molecular weight excluding hydrogens is 503 g/mol. The van der Waals surface area contributed by atoms with Crippen molar-refractivity contribution in [3.05, 3.63) is 131 Å². The van der Waals surface area contributed by atoms with Gasteiger partial charge in [0.2, 0.25) is 10.0 Å². The van der Waals surface area contributed by atoms with Crippen LogP contribution in [0.1, 0.15) is 40.0 Å². The first-order valence-electron chi connectivity index (χ1n) is 12.2. The van der Waals surface area contributed by atoms with Crippen LogP contribution in [0.3, 0.4) is 0 Å². The normalized spacial score (nSPS) is 11.3. The van der Waals surface area contributed by atoms with Crippen LogP contribution in [0.4, 0.5) is 10.1 Å². The molecular formula is C30H29FN2O4S. The van der Waals surface area contributed by atoms with Gasteiger partial charge >= 0.3 is 0 Å². The maximum atomic E-state index is 13.5. The first-order valence-corrected chi connectivity index (χ1v) is 14.0. The Morgan fingerprint density at radius 3 is 2.00 bits per heavy atom. The van der Waals surface area contributed by atoms with E-state index in [1.807, 2.05) is 67.6 Å². The Labute approximate surface area is 222 Å². The molecule has 6 nitrogen and oxygen atoms in total. The topological polar surface area (TPSA) is 75.7 Å². The molecule has 0 aliphatic carbocycles. The highest BCUT2D eigenvalue weighted by Gasteiger charge is 2.22. The average Bonchev–Trinajstić information content (AvgIpc) is 2.92. The van der Waals surface area contributed by atoms with Crippen LogP contribution in [0.2, 0.25) is 0 Å². The number of benzene rings is 4. The highest BCUT2D eigenvalue weighted by molar-refractivity contribution is 7.92. The molecule has 4 aromatic rings. The highest BCUT2D eigenvalue weighted by Crippen LogP contribution is 2.28. The van der Waals surface area contributed by atoms with Gasteiger partial charge in [-0.2, -0.15) is 0 Å². The van der Waals surface area contributed by atoms with E-state index in [-0.39, 0.29) is 18.5 Å². The number of anilines is 1. The molecule has 0 fully saturated rings. The Morgan fingerprint density at radius 2 is 1.47 bits per heavy atom. The first-order chi connectivity index (χ1) is 18.3. The van der Waals surface area contributed by atoms with Gasteiger partial charge in [0.1, 0.15) is 11.6 Å². The van der Waals surface area contributed by atoms with Gasteiger partial charge in [-0.15, -0.1) is 0 Å². The van der Waals surface area contributed by atoms with E-state index in [9.17, 15) is 17.6 Å². The van der Waals surface area contributed by atoms with E-state index in [1.165, 1.54) is 24.3 Å². The quantitative estimate of drug-likeness (QED) is 0.284. The molecule has 0 aromatic heterocycles. The van der Waals surface area contributed by atoms with Gasteiger partial charge in [0.25, 0.3) is 5.91 Å². The zero-order valence-corrected chi connectivity index (χ0v) is 22.0. The Bertz CT molecular complexity index is 1440. The number of halogens is 1. The zero-order valence-electron chi connectivity index (χ0n) is 21.2. The van der Waals surface area contributed by atoms with Gasteiger partial charge in [-0.05, 0) is 60.5 Å². The summed E-state index contributed by atoms with van der Waals surface area (Å²) in [5.74, 6) is -0.329. The summed E-state index contributed by atoms with van der Waals surface area (Å²) in [6, 6.07) is 29.1. The van der Waals surface area contributed by atoms with Crippen LogP contribution in [-0.2, 0) is 16.6 Å². The maximum Gasteiger partial charge on any atom is 0.252 e. The summed E-state index contributed by atoms with van der Waals surface area (Å²) in [6.07, 6.45) is 1.08. The summed E-state index contributed by atoms with van der Waals surface area (Å²) in [5, 5.41) is 3.11. The number of carbonyl (C=O) groups excluding carboxylic acids is 1. The standard InChI is InChI=1S/C30H29FN2O4S/c1-3-37-28-19-14-24(20-25(28)21-33(38(2,35)36)27-17-15-26(31)16-18-27)30(34)32-29(22-10-6-4-7-11-22)23-12-8-5-9-13-23/h4-20,29H,3,21H2,1-2H3,(H,32,34). The van der Waals surface area contributed by atoms with Crippen molar-refractivity contribution in [1.82, 2.24) is 5.32 Å². The molecule has 0 aliphatic heterocycles. The third-order valence-electron chi connectivity index (χ3n) is 5.99. The smallest absolute Gasteiger partial charge is 0.252 e. The summed E-state index contributed by atoms with van der Waals surface area (Å²) >= 11 is 0. The number of rotatable bonds is 10. The monoisotopic (exact) mass is 532 g/mol. The van der Waals surface area contributed by atoms with Crippen LogP contribution in [0.25, 0.3) is 0 Å². The van der Waals surface area contributed by atoms with Gasteiger partial charge in [0.15, 0.2) is 0 Å². The number of nitrogens with one attached hydrogen (secondary N) is 1. The van der Waals surface area contributed by atoms with Crippen molar-refractivity contribution in [2.24, 2.45) is 0 Å². The van der Waals surface area contributed by atoms with Crippen molar-refractivity contribution in [2.75, 3.05) is 17.2 Å². The Balaban J connectivity index is 1.68. The predicted octanol–water partition coefficient (Wildman–Crippen LogP) is 5.71. The second-order valence-electron chi connectivity index (χ2n) is 8.73. The lowest BCUT2D eigenvalue weighted by Gasteiger charge is -2.24. The highest BCUT2D eigenvalue weighted by atomic mass is 32.2. The van der Waals surface area contributed by atoms with Gasteiger partial charge in [0, 0.05) is 11.1 Å². The number of nitrogens with zero attached hydrogens (tertiary/aromatic N) is 1. The molecule has 0 saturated carbocycles. The molecule has 0 aliphatic rings. The second-order valence-corrected chi connectivity index (χ2v) is 10.6. The van der Waals surface area contributed by atoms with Crippen LogP contribution < -0.4 is 14.4 Å². The van der Waals surface area contributed by atoms with Gasteiger partial charge < -0.3 is 10.1 Å². The zero-order chi connectivity index (χ0) is 27.1. The van der Waals surface area contributed by atoms with Crippen LogP contribution in [0, 0.1) is 5.82 Å². The lowest BCUT2D eigenvalue weighted by atomic mass is 9.98. The van der Waals surface area contributed by atoms with E-state index in [4.69, 9.17) is 4.74 Å². The minimum atomic E-state index is -3.73. The van der Waals surface area contributed by atoms with E-state index in [1.54, 1.807) is 18.2 Å². The van der Waals surface area contributed by atoms with Crippen molar-refractivity contribution >= 4 is 21.6 Å². The average molecular weight is 533 g/mol. The summed E-state index contributed by atoms with van der Waals surface area (Å²) in [5.41, 5.74) is 3.02. The molecule has 4 rings (SSSR count). The first kappa shape index (κ1) is 26.9. The number of carbonyl (C=O) groups is 1. The number of amides is 1. The molecule has 0 spiro atoms. The van der Waals surface area contributed by atoms with E-state index >= 15 is 0 Å². The van der Waals surface area contributed by atoms with Crippen LogP contribution in [-0.4, -0.2) is 27.2 Å². The fourth-order valence-electron chi connectivity index (χ4n) is 4.17. The number of hydrogen-bond donors (Lipinski definition) is 1. The van der Waals surface area contributed by atoms with E-state index in [0.717, 1.165) is 21.7 Å². The minimum absolute atomic E-state index is 0.0955. The van der Waals surface area contributed by atoms with E-state index in [2.05, 4.69) is 5.32 Å². The van der Waals surface area contributed by atoms with Crippen LogP contribution >= 0.6 is 0 Å². The van der Waals surface area contributed by atoms with Gasteiger partial charge in [0.05, 0.1) is 31.1 Å². The molecule has 0 unspecified atom stereocenters. The molecule has 1 N–H and O–H groups in total. The van der Waals surface area contributed by atoms with Crippen molar-refractivity contribution in [3.8, 4) is 5.75 Å². The Morgan fingerprint density at radius 1 is 0.895 bits per heavy atom. The minimum Gasteiger partial charge on any atom is -0.494 e. The maximum absolute atomic E-state index is 13.5. The summed E-state index contributed by atoms with van der Waals surface area (Å²) < 4.78 is 45.8. The summed E-state index contributed by atoms with van der Waals surface area (Å²) in [6.45, 7) is 2.09. The van der Waals surface area contributed by atoms with Crippen molar-refractivity contribution in [3.63, 3.8) is 0 Å². The largest absolute Gasteiger partial charge is 0.494 e. The molecule has 38 heavy (non-hydrogen) atoms. The van der Waals surface area contributed by atoms with Gasteiger partial charge in [-0.1, -0.05) is 60.7 Å². The molecule has 0 bridgehead atoms. The molecule has 0 radical (unpaired) electrons. The summed E-state index contributed by atoms with van der Waals surface area (Å²) in [7, 11) is -3.73. The molecule has 8 heteroatoms. The molecule has 196 valence electrons. The SMILES string of the molecule is CCOc1ccc(C(=O)NC(c2ccccc2)c2ccccc2)cc1CN(c1ccc(F)cc1)S(C)(=O)=O. The van der Waals surface area contributed by atoms with Crippen molar-refractivity contribution < 1.29 is 22.3 Å². The van der Waals surface area contributed by atoms with Gasteiger partial charge in [-0.25, -0.2) is 12.8 Å². The van der Waals surface area contributed by atoms with Crippen molar-refractivity contribution in [1.29, 1.82) is 0 Å². The molecule has 0 heterocycles. The molecule has 1 amide bonds. The lowest BCUT2D eigenvalue weighted by molar-refractivity contribution is 0.0943. The number of sulfonamides is 1. The van der Waals surface area contributed by atoms with Crippen molar-refractivity contribution in [2.45, 2.75) is 19.5 Å². The fourth-order valence-corrected chi connectivity index (χ4v) is 5.05. The fraction of sp³-hybridized carbons (Fsp3) is 0.167. The Hall–Kier alpha value is -4.17. The molecule has 4 aromatic carbocycles. The summed E-state index contributed by atoms with van der Waals surface area (Å²) in [4.78, 5) is 13.5. The second kappa shape index (κ2) is 11.9. The number of hydrogen-bond acceptors (Lipinski definition) is 4. The number of ether oxygens (including phenoxy) is 1. The van der Waals surface area contributed by atoms with E-state index in [0.29, 0.717) is 29.2 Å². The third kappa shape index (κ3) is 6.58. The van der Waals surface area contributed by atoms with Crippen LogP contribution in [0.5, 0.6) is 5.75 Å². The molecule has 0 atom stereocenters. The van der Waals surface area contributed by atoms with Crippen LogP contribution in [0.15, 0.2) is 103 Å². The predicted molar refractivity (Wildman–Crippen MR) is 147 cm³/mol. The Kier molecular flexibility index (Phi) is 8.43.